The van der Waals surface area contributed by atoms with Crippen molar-refractivity contribution in [1.29, 1.82) is 0 Å². The largest absolute Gasteiger partial charge is 0.489 e. The Kier molecular flexibility index (Phi) is 7.23. The van der Waals surface area contributed by atoms with Gasteiger partial charge in [-0.1, -0.05) is 24.3 Å². The average Bonchev–Trinajstić information content (AvgIpc) is 3.16. The van der Waals surface area contributed by atoms with Gasteiger partial charge in [0.1, 0.15) is 17.5 Å². The monoisotopic (exact) mass is 457 g/mol. The van der Waals surface area contributed by atoms with Crippen LogP contribution in [0.25, 0.3) is 10.9 Å². The summed E-state index contributed by atoms with van der Waals surface area (Å²) in [4.78, 5) is 19.0. The molecule has 2 aromatic heterocycles. The van der Waals surface area contributed by atoms with Crippen molar-refractivity contribution in [1.82, 2.24) is 25.0 Å². The average molecular weight is 458 g/mol. The topological polar surface area (TPSA) is 72.3 Å². The van der Waals surface area contributed by atoms with E-state index in [-0.39, 0.29) is 12.0 Å². The lowest BCUT2D eigenvalue weighted by atomic mass is 10.1. The second kappa shape index (κ2) is 10.5. The van der Waals surface area contributed by atoms with E-state index in [1.54, 1.807) is 17.8 Å². The van der Waals surface area contributed by atoms with Crippen molar-refractivity contribution in [2.45, 2.75) is 33.0 Å². The number of hydrogen-bond donors (Lipinski definition) is 1. The predicted molar refractivity (Wildman–Crippen MR) is 134 cm³/mol. The van der Waals surface area contributed by atoms with Crippen molar-refractivity contribution in [3.05, 3.63) is 89.4 Å². The minimum Gasteiger partial charge on any atom is -0.489 e. The van der Waals surface area contributed by atoms with Gasteiger partial charge in [0.2, 0.25) is 0 Å². The van der Waals surface area contributed by atoms with Gasteiger partial charge in [0.25, 0.3) is 5.91 Å². The van der Waals surface area contributed by atoms with E-state index in [2.05, 4.69) is 63.7 Å². The van der Waals surface area contributed by atoms with Crippen LogP contribution in [0.3, 0.4) is 0 Å². The molecule has 7 nitrogen and oxygen atoms in total. The van der Waals surface area contributed by atoms with Gasteiger partial charge < -0.3 is 10.1 Å². The maximum absolute atomic E-state index is 12.3. The van der Waals surface area contributed by atoms with Crippen LogP contribution in [0.4, 0.5) is 0 Å². The van der Waals surface area contributed by atoms with E-state index < -0.39 is 0 Å². The van der Waals surface area contributed by atoms with Gasteiger partial charge in [-0.2, -0.15) is 5.10 Å². The molecule has 0 aliphatic carbocycles. The molecule has 0 radical (unpaired) electrons. The summed E-state index contributed by atoms with van der Waals surface area (Å²) in [5.74, 6) is 0.631. The van der Waals surface area contributed by atoms with E-state index >= 15 is 0 Å². The lowest BCUT2D eigenvalue weighted by molar-refractivity contribution is 0.0923. The number of carbonyl (C=O) groups excluding carboxylic acids is 1. The van der Waals surface area contributed by atoms with Gasteiger partial charge >= 0.3 is 0 Å². The SMILES string of the molecule is Cc1cc(C(=O)NCC(C)Oc2ccc(CN(C)Cc3ccc4ncccc4c3)cc2)n(C)n1. The Labute approximate surface area is 200 Å². The van der Waals surface area contributed by atoms with Crippen LogP contribution in [0.15, 0.2) is 66.9 Å². The van der Waals surface area contributed by atoms with Crippen LogP contribution in [0.2, 0.25) is 0 Å². The van der Waals surface area contributed by atoms with Crippen molar-refractivity contribution in [3.63, 3.8) is 0 Å². The predicted octanol–water partition coefficient (Wildman–Crippen LogP) is 4.11. The van der Waals surface area contributed by atoms with Crippen LogP contribution >= 0.6 is 0 Å². The molecule has 0 saturated heterocycles. The molecule has 4 rings (SSSR count). The van der Waals surface area contributed by atoms with E-state index in [0.717, 1.165) is 35.4 Å². The number of rotatable bonds is 9. The molecule has 0 saturated carbocycles. The molecule has 4 aromatic rings. The molecule has 1 amide bonds. The molecule has 7 heteroatoms. The molecule has 2 heterocycles. The zero-order valence-electron chi connectivity index (χ0n) is 20.2. The Balaban J connectivity index is 1.25. The van der Waals surface area contributed by atoms with Crippen LogP contribution in [-0.2, 0) is 20.1 Å². The Morgan fingerprint density at radius 1 is 1.09 bits per heavy atom. The third-order valence-corrected chi connectivity index (χ3v) is 5.62. The summed E-state index contributed by atoms with van der Waals surface area (Å²) < 4.78 is 7.56. The minimum absolute atomic E-state index is 0.153. The number of hydrogen-bond acceptors (Lipinski definition) is 5. The van der Waals surface area contributed by atoms with Gasteiger partial charge in [-0.15, -0.1) is 0 Å². The highest BCUT2D eigenvalue weighted by molar-refractivity contribution is 5.92. The number of ether oxygens (including phenoxy) is 1. The standard InChI is InChI=1S/C27H31N5O2/c1-19-14-26(32(4)30-19)27(33)29-16-20(2)34-24-10-7-21(8-11-24)17-31(3)18-22-9-12-25-23(15-22)6-5-13-28-25/h5-15,20H,16-18H2,1-4H3,(H,29,33). The smallest absolute Gasteiger partial charge is 0.269 e. The van der Waals surface area contributed by atoms with E-state index in [0.29, 0.717) is 12.2 Å². The van der Waals surface area contributed by atoms with E-state index in [9.17, 15) is 4.79 Å². The van der Waals surface area contributed by atoms with Crippen LogP contribution in [-0.4, -0.2) is 45.3 Å². The zero-order valence-corrected chi connectivity index (χ0v) is 20.2. The number of aryl methyl sites for hydroxylation is 2. The Morgan fingerprint density at radius 3 is 2.56 bits per heavy atom. The molecule has 0 fully saturated rings. The van der Waals surface area contributed by atoms with Crippen molar-refractivity contribution >= 4 is 16.8 Å². The number of benzene rings is 2. The normalized spacial score (nSPS) is 12.1. The number of pyridine rings is 1. The minimum atomic E-state index is -0.158. The molecule has 176 valence electrons. The Morgan fingerprint density at radius 2 is 1.82 bits per heavy atom. The van der Waals surface area contributed by atoms with E-state index in [1.165, 1.54) is 11.1 Å². The summed E-state index contributed by atoms with van der Waals surface area (Å²) in [5.41, 5.74) is 4.85. The summed E-state index contributed by atoms with van der Waals surface area (Å²) in [7, 11) is 3.88. The van der Waals surface area contributed by atoms with Crippen LogP contribution in [0.5, 0.6) is 5.75 Å². The van der Waals surface area contributed by atoms with Gasteiger partial charge in [0.05, 0.1) is 17.8 Å². The molecule has 1 N–H and O–H groups in total. The zero-order chi connectivity index (χ0) is 24.1. The fourth-order valence-electron chi connectivity index (χ4n) is 4.00. The first-order valence-corrected chi connectivity index (χ1v) is 11.4. The van der Waals surface area contributed by atoms with Crippen molar-refractivity contribution < 1.29 is 9.53 Å². The maximum atomic E-state index is 12.3. The van der Waals surface area contributed by atoms with Crippen LogP contribution in [0, 0.1) is 6.92 Å². The van der Waals surface area contributed by atoms with Gasteiger partial charge in [0, 0.05) is 31.7 Å². The first-order valence-electron chi connectivity index (χ1n) is 11.4. The second-order valence-corrected chi connectivity index (χ2v) is 8.78. The van der Waals surface area contributed by atoms with Gasteiger partial charge in [-0.05, 0) is 68.4 Å². The lowest BCUT2D eigenvalue weighted by Gasteiger charge is -2.18. The molecular formula is C27H31N5O2. The second-order valence-electron chi connectivity index (χ2n) is 8.78. The fourth-order valence-corrected chi connectivity index (χ4v) is 4.00. The summed E-state index contributed by atoms with van der Waals surface area (Å²) in [6, 6.07) is 20.4. The highest BCUT2D eigenvalue weighted by Gasteiger charge is 2.13. The summed E-state index contributed by atoms with van der Waals surface area (Å²) >= 11 is 0. The van der Waals surface area contributed by atoms with Crippen LogP contribution < -0.4 is 10.1 Å². The molecule has 1 unspecified atom stereocenters. The molecule has 0 aliphatic heterocycles. The third kappa shape index (κ3) is 5.99. The molecule has 0 bridgehead atoms. The number of carbonyl (C=O) groups is 1. The maximum Gasteiger partial charge on any atom is 0.269 e. The first kappa shape index (κ1) is 23.4. The van der Waals surface area contributed by atoms with Crippen molar-refractivity contribution in [2.24, 2.45) is 7.05 Å². The number of amides is 1. The molecule has 2 aromatic carbocycles. The van der Waals surface area contributed by atoms with Crippen molar-refractivity contribution in [2.75, 3.05) is 13.6 Å². The van der Waals surface area contributed by atoms with Gasteiger partial charge in [0.15, 0.2) is 0 Å². The lowest BCUT2D eigenvalue weighted by Crippen LogP contribution is -2.34. The quantitative estimate of drug-likeness (QED) is 0.410. The fraction of sp³-hybridized carbons (Fsp3) is 0.296. The number of nitrogens with zero attached hydrogens (tertiary/aromatic N) is 4. The summed E-state index contributed by atoms with van der Waals surface area (Å²) in [6.45, 7) is 5.91. The van der Waals surface area contributed by atoms with Crippen LogP contribution in [0.1, 0.15) is 34.2 Å². The van der Waals surface area contributed by atoms with Gasteiger partial charge in [-0.3, -0.25) is 19.4 Å². The molecule has 1 atom stereocenters. The van der Waals surface area contributed by atoms with Crippen molar-refractivity contribution in [3.8, 4) is 5.75 Å². The summed E-state index contributed by atoms with van der Waals surface area (Å²) in [5, 5.41) is 8.28. The molecule has 0 spiro atoms. The number of aromatic nitrogens is 3. The van der Waals surface area contributed by atoms with E-state index in [1.807, 2.05) is 38.2 Å². The van der Waals surface area contributed by atoms with Gasteiger partial charge in [-0.25, -0.2) is 0 Å². The molecule has 0 aliphatic rings. The number of nitrogens with one attached hydrogen (secondary N) is 1. The first-order chi connectivity index (χ1) is 16.4. The Bertz CT molecular complexity index is 1270. The van der Waals surface area contributed by atoms with E-state index in [4.69, 9.17) is 4.74 Å². The molecule has 34 heavy (non-hydrogen) atoms. The number of fused-ring (bicyclic) bond motifs is 1. The highest BCUT2D eigenvalue weighted by atomic mass is 16.5. The third-order valence-electron chi connectivity index (χ3n) is 5.62. The summed E-state index contributed by atoms with van der Waals surface area (Å²) in [6.07, 6.45) is 1.66. The highest BCUT2D eigenvalue weighted by Crippen LogP contribution is 2.18. The Hall–Kier alpha value is -3.71. The molecular weight excluding hydrogens is 426 g/mol.